The van der Waals surface area contributed by atoms with Gasteiger partial charge in [-0.15, -0.1) is 0 Å². The summed E-state index contributed by atoms with van der Waals surface area (Å²) >= 11 is 0. The zero-order chi connectivity index (χ0) is 21.6. The Hall–Kier alpha value is -2.67. The number of rotatable bonds is 9. The summed E-state index contributed by atoms with van der Waals surface area (Å²) in [5.74, 6) is 0.135. The summed E-state index contributed by atoms with van der Waals surface area (Å²) in [7, 11) is 1.82. The molecule has 5 nitrogen and oxygen atoms in total. The van der Waals surface area contributed by atoms with Crippen molar-refractivity contribution in [3.63, 3.8) is 0 Å². The fourth-order valence-electron chi connectivity index (χ4n) is 3.28. The molecule has 0 unspecified atom stereocenters. The summed E-state index contributed by atoms with van der Waals surface area (Å²) in [6.45, 7) is 5.78. The predicted octanol–water partition coefficient (Wildman–Crippen LogP) is 4.68. The van der Waals surface area contributed by atoms with E-state index in [9.17, 15) is 13.6 Å². The van der Waals surface area contributed by atoms with Gasteiger partial charge in [0.05, 0.1) is 13.2 Å². The molecule has 0 fully saturated rings. The molecule has 0 aliphatic heterocycles. The van der Waals surface area contributed by atoms with Gasteiger partial charge in [-0.05, 0) is 63.6 Å². The first-order valence-electron chi connectivity index (χ1n) is 9.46. The van der Waals surface area contributed by atoms with Gasteiger partial charge in [0.15, 0.2) is 11.5 Å². The number of ether oxygens (including phenoxy) is 2. The van der Waals surface area contributed by atoms with Gasteiger partial charge in [-0.3, -0.25) is 9.69 Å². The largest absolute Gasteiger partial charge is 0.490 e. The van der Waals surface area contributed by atoms with Crippen LogP contribution in [0.1, 0.15) is 29.2 Å². The molecule has 0 saturated heterocycles. The first kappa shape index (κ1) is 22.6. The van der Waals surface area contributed by atoms with Crippen LogP contribution in [0.3, 0.4) is 0 Å². The maximum absolute atomic E-state index is 12.5. The molecule has 0 bridgehead atoms. The number of nitrogens with one attached hydrogen (secondary N) is 1. The van der Waals surface area contributed by atoms with Crippen LogP contribution in [-0.2, 0) is 11.3 Å². The van der Waals surface area contributed by atoms with E-state index in [-0.39, 0.29) is 24.0 Å². The fourth-order valence-corrected chi connectivity index (χ4v) is 3.28. The average molecular weight is 406 g/mol. The molecule has 0 radical (unpaired) electrons. The lowest BCUT2D eigenvalue weighted by Crippen LogP contribution is -2.30. The van der Waals surface area contributed by atoms with Gasteiger partial charge < -0.3 is 14.8 Å². The normalized spacial score (nSPS) is 11.1. The van der Waals surface area contributed by atoms with Gasteiger partial charge >= 0.3 is 6.61 Å². The SMILES string of the molecule is CCOc1cc(CN(C)CC(=O)Nc2c(C)cc(C)cc2C)ccc1OC(F)F. The van der Waals surface area contributed by atoms with Crippen LogP contribution < -0.4 is 14.8 Å². The summed E-state index contributed by atoms with van der Waals surface area (Å²) in [6.07, 6.45) is 0. The van der Waals surface area contributed by atoms with Crippen molar-refractivity contribution in [3.05, 3.63) is 52.6 Å². The summed E-state index contributed by atoms with van der Waals surface area (Å²) in [6, 6.07) is 8.86. The number of alkyl halides is 2. The van der Waals surface area contributed by atoms with Crippen molar-refractivity contribution in [1.82, 2.24) is 4.90 Å². The van der Waals surface area contributed by atoms with Crippen molar-refractivity contribution in [2.24, 2.45) is 0 Å². The third-order valence-corrected chi connectivity index (χ3v) is 4.33. The number of likely N-dealkylation sites (N-methyl/N-ethyl adjacent to an activating group) is 1. The van der Waals surface area contributed by atoms with Gasteiger partial charge in [0.2, 0.25) is 5.91 Å². The monoisotopic (exact) mass is 406 g/mol. The predicted molar refractivity (Wildman–Crippen MR) is 110 cm³/mol. The lowest BCUT2D eigenvalue weighted by atomic mass is 10.1. The number of nitrogens with zero attached hydrogens (tertiary/aromatic N) is 1. The Labute approximate surface area is 170 Å². The number of benzene rings is 2. The van der Waals surface area contributed by atoms with Crippen molar-refractivity contribution < 1.29 is 23.0 Å². The summed E-state index contributed by atoms with van der Waals surface area (Å²) in [4.78, 5) is 14.3. The van der Waals surface area contributed by atoms with Gasteiger partial charge in [-0.25, -0.2) is 0 Å². The molecule has 1 N–H and O–H groups in total. The van der Waals surface area contributed by atoms with Crippen molar-refractivity contribution in [3.8, 4) is 11.5 Å². The van der Waals surface area contributed by atoms with Crippen LogP contribution in [0.5, 0.6) is 11.5 Å². The van der Waals surface area contributed by atoms with E-state index in [0.29, 0.717) is 13.2 Å². The van der Waals surface area contributed by atoms with Crippen LogP contribution in [0.4, 0.5) is 14.5 Å². The highest BCUT2D eigenvalue weighted by molar-refractivity contribution is 5.93. The quantitative estimate of drug-likeness (QED) is 0.657. The van der Waals surface area contributed by atoms with Crippen molar-refractivity contribution in [1.29, 1.82) is 0 Å². The van der Waals surface area contributed by atoms with Crippen LogP contribution in [0, 0.1) is 20.8 Å². The molecule has 1 amide bonds. The molecule has 0 atom stereocenters. The standard InChI is InChI=1S/C22H28F2N2O3/c1-6-28-19-11-17(7-8-18(19)29-22(23)24)12-26(5)13-20(27)25-21-15(3)9-14(2)10-16(21)4/h7-11,22H,6,12-13H2,1-5H3,(H,25,27). The molecule has 2 aromatic carbocycles. The number of anilines is 1. The number of hydrogen-bond donors (Lipinski definition) is 1. The highest BCUT2D eigenvalue weighted by atomic mass is 19.3. The average Bonchev–Trinajstić information content (AvgIpc) is 2.60. The van der Waals surface area contributed by atoms with Crippen molar-refractivity contribution >= 4 is 11.6 Å². The molecule has 0 saturated carbocycles. The molecule has 29 heavy (non-hydrogen) atoms. The van der Waals surface area contributed by atoms with Crippen LogP contribution in [-0.4, -0.2) is 37.6 Å². The zero-order valence-electron chi connectivity index (χ0n) is 17.5. The molecule has 7 heteroatoms. The number of carbonyl (C=O) groups excluding carboxylic acids is 1. The fraction of sp³-hybridized carbons (Fsp3) is 0.409. The van der Waals surface area contributed by atoms with E-state index < -0.39 is 6.61 Å². The summed E-state index contributed by atoms with van der Waals surface area (Å²) in [5, 5.41) is 2.98. The Morgan fingerprint density at radius 1 is 1.10 bits per heavy atom. The van der Waals surface area contributed by atoms with E-state index in [2.05, 4.69) is 10.1 Å². The van der Waals surface area contributed by atoms with Crippen LogP contribution in [0.15, 0.2) is 30.3 Å². The molecule has 0 aliphatic rings. The highest BCUT2D eigenvalue weighted by Crippen LogP contribution is 2.30. The Kier molecular flexibility index (Phi) is 7.96. The minimum atomic E-state index is -2.92. The molecule has 158 valence electrons. The Morgan fingerprint density at radius 3 is 2.34 bits per heavy atom. The lowest BCUT2D eigenvalue weighted by Gasteiger charge is -2.19. The second-order valence-corrected chi connectivity index (χ2v) is 7.09. The van der Waals surface area contributed by atoms with E-state index >= 15 is 0 Å². The van der Waals surface area contributed by atoms with Gasteiger partial charge in [0.1, 0.15) is 0 Å². The number of hydrogen-bond acceptors (Lipinski definition) is 4. The molecule has 2 aromatic rings. The van der Waals surface area contributed by atoms with Crippen molar-refractivity contribution in [2.75, 3.05) is 25.5 Å². The first-order valence-corrected chi connectivity index (χ1v) is 9.46. The summed E-state index contributed by atoms with van der Waals surface area (Å²) < 4.78 is 34.9. The van der Waals surface area contributed by atoms with E-state index in [1.54, 1.807) is 19.1 Å². The second-order valence-electron chi connectivity index (χ2n) is 7.09. The first-order chi connectivity index (χ1) is 13.7. The maximum atomic E-state index is 12.5. The van der Waals surface area contributed by atoms with Crippen LogP contribution in [0.2, 0.25) is 0 Å². The topological polar surface area (TPSA) is 50.8 Å². The number of amides is 1. The molecule has 0 spiro atoms. The van der Waals surface area contributed by atoms with E-state index in [1.807, 2.05) is 44.9 Å². The molecule has 0 aliphatic carbocycles. The number of halogens is 2. The second kappa shape index (κ2) is 10.2. The number of carbonyl (C=O) groups is 1. The Balaban J connectivity index is 2.02. The smallest absolute Gasteiger partial charge is 0.387 e. The Bertz CT molecular complexity index is 833. The molecule has 0 heterocycles. The molecule has 2 rings (SSSR count). The van der Waals surface area contributed by atoms with Crippen LogP contribution >= 0.6 is 0 Å². The number of aryl methyl sites for hydroxylation is 3. The minimum absolute atomic E-state index is 0.00341. The molecular weight excluding hydrogens is 378 g/mol. The Morgan fingerprint density at radius 2 is 1.76 bits per heavy atom. The van der Waals surface area contributed by atoms with Gasteiger partial charge in [-0.1, -0.05) is 23.8 Å². The third kappa shape index (κ3) is 6.71. The zero-order valence-corrected chi connectivity index (χ0v) is 17.5. The maximum Gasteiger partial charge on any atom is 0.387 e. The highest BCUT2D eigenvalue weighted by Gasteiger charge is 2.14. The van der Waals surface area contributed by atoms with E-state index in [0.717, 1.165) is 27.9 Å². The van der Waals surface area contributed by atoms with E-state index in [1.165, 1.54) is 6.07 Å². The molecular formula is C22H28F2N2O3. The third-order valence-electron chi connectivity index (χ3n) is 4.33. The van der Waals surface area contributed by atoms with Gasteiger partial charge in [-0.2, -0.15) is 8.78 Å². The van der Waals surface area contributed by atoms with Crippen LogP contribution in [0.25, 0.3) is 0 Å². The summed E-state index contributed by atoms with van der Waals surface area (Å²) in [5.41, 5.74) is 4.86. The molecule has 0 aromatic heterocycles. The lowest BCUT2D eigenvalue weighted by molar-refractivity contribution is -0.117. The van der Waals surface area contributed by atoms with Gasteiger partial charge in [0.25, 0.3) is 0 Å². The van der Waals surface area contributed by atoms with Crippen molar-refractivity contribution in [2.45, 2.75) is 40.9 Å². The minimum Gasteiger partial charge on any atom is -0.490 e. The van der Waals surface area contributed by atoms with E-state index in [4.69, 9.17) is 4.74 Å². The van der Waals surface area contributed by atoms with Gasteiger partial charge in [0, 0.05) is 12.2 Å².